The van der Waals surface area contributed by atoms with Crippen molar-refractivity contribution in [3.63, 3.8) is 0 Å². The van der Waals surface area contributed by atoms with E-state index in [0.29, 0.717) is 25.1 Å². The minimum absolute atomic E-state index is 0.0567. The first kappa shape index (κ1) is 31.0. The number of aromatic amines is 1. The predicted octanol–water partition coefficient (Wildman–Crippen LogP) is -3.91. The number of carbonyl (C=O) groups excluding carboxylic acids is 5. The van der Waals surface area contributed by atoms with Crippen LogP contribution in [0.5, 0.6) is 0 Å². The van der Waals surface area contributed by atoms with Gasteiger partial charge < -0.3 is 49.0 Å². The van der Waals surface area contributed by atoms with Crippen molar-refractivity contribution in [3.05, 3.63) is 18.2 Å². The van der Waals surface area contributed by atoms with E-state index in [-0.39, 0.29) is 25.7 Å². The van der Waals surface area contributed by atoms with Gasteiger partial charge in [0, 0.05) is 24.7 Å². The first-order valence-electron chi connectivity index (χ1n) is 11.6. The fourth-order valence-electron chi connectivity index (χ4n) is 3.27. The molecule has 0 spiro atoms. The third-order valence-corrected chi connectivity index (χ3v) is 5.24. The molecule has 0 saturated heterocycles. The van der Waals surface area contributed by atoms with E-state index in [1.165, 1.54) is 12.5 Å². The standard InChI is InChI=1S/C21H35N9O7/c22-6-2-1-3-14(21(36)37)29-19(34)13(4-5-16(24)31)28-20(35)15(8-17(25)32)30-18(33)12(23)7-11-9-26-10-27-11/h9-10,12-15H,1-8,22-23H2,(H2,24,31)(H2,25,32)(H,26,27)(H,28,35)(H,29,34)(H,30,33)(H,36,37). The molecule has 13 N–H and O–H groups in total. The van der Waals surface area contributed by atoms with Crippen molar-refractivity contribution < 1.29 is 33.9 Å². The van der Waals surface area contributed by atoms with E-state index < -0.39 is 66.1 Å². The lowest BCUT2D eigenvalue weighted by Crippen LogP contribution is -2.58. The van der Waals surface area contributed by atoms with E-state index in [9.17, 15) is 33.9 Å². The molecule has 0 radical (unpaired) electrons. The van der Waals surface area contributed by atoms with Crippen LogP contribution >= 0.6 is 0 Å². The molecule has 0 bridgehead atoms. The first-order valence-corrected chi connectivity index (χ1v) is 11.6. The van der Waals surface area contributed by atoms with Gasteiger partial charge in [-0.25, -0.2) is 9.78 Å². The summed E-state index contributed by atoms with van der Waals surface area (Å²) in [5.41, 5.74) is 22.2. The van der Waals surface area contributed by atoms with E-state index in [4.69, 9.17) is 22.9 Å². The quantitative estimate of drug-likeness (QED) is 0.0839. The van der Waals surface area contributed by atoms with Gasteiger partial charge in [0.2, 0.25) is 29.5 Å². The summed E-state index contributed by atoms with van der Waals surface area (Å²) in [6.45, 7) is 0.343. The zero-order valence-corrected chi connectivity index (χ0v) is 20.3. The molecular formula is C21H35N9O7. The van der Waals surface area contributed by atoms with Crippen LogP contribution in [0.3, 0.4) is 0 Å². The molecule has 1 aromatic heterocycles. The molecule has 1 aromatic rings. The van der Waals surface area contributed by atoms with Gasteiger partial charge in [0.15, 0.2) is 0 Å². The molecule has 1 rings (SSSR count). The Morgan fingerprint density at radius 1 is 0.892 bits per heavy atom. The second-order valence-electron chi connectivity index (χ2n) is 8.37. The fraction of sp³-hybridized carbons (Fsp3) is 0.571. The van der Waals surface area contributed by atoms with Crippen molar-refractivity contribution in [1.82, 2.24) is 25.9 Å². The van der Waals surface area contributed by atoms with Crippen LogP contribution in [-0.4, -0.2) is 81.3 Å². The van der Waals surface area contributed by atoms with E-state index in [1.54, 1.807) is 0 Å². The number of carboxylic acids is 1. The Morgan fingerprint density at radius 3 is 2.05 bits per heavy atom. The summed E-state index contributed by atoms with van der Waals surface area (Å²) in [4.78, 5) is 79.2. The lowest BCUT2D eigenvalue weighted by Gasteiger charge is -2.24. The highest BCUT2D eigenvalue weighted by atomic mass is 16.4. The summed E-state index contributed by atoms with van der Waals surface area (Å²) < 4.78 is 0. The summed E-state index contributed by atoms with van der Waals surface area (Å²) >= 11 is 0. The smallest absolute Gasteiger partial charge is 0.326 e. The lowest BCUT2D eigenvalue weighted by atomic mass is 10.1. The number of nitrogens with one attached hydrogen (secondary N) is 4. The van der Waals surface area contributed by atoms with Crippen LogP contribution in [0, 0.1) is 0 Å². The van der Waals surface area contributed by atoms with Gasteiger partial charge in [-0.05, 0) is 32.2 Å². The highest BCUT2D eigenvalue weighted by Crippen LogP contribution is 2.06. The monoisotopic (exact) mass is 525 g/mol. The van der Waals surface area contributed by atoms with Crippen molar-refractivity contribution in [2.75, 3.05) is 6.54 Å². The maximum Gasteiger partial charge on any atom is 0.326 e. The first-order chi connectivity index (χ1) is 17.4. The predicted molar refractivity (Wildman–Crippen MR) is 129 cm³/mol. The summed E-state index contributed by atoms with van der Waals surface area (Å²) in [5.74, 6) is -5.63. The molecule has 0 saturated carbocycles. The second kappa shape index (κ2) is 15.8. The Morgan fingerprint density at radius 2 is 1.51 bits per heavy atom. The molecule has 16 nitrogen and oxygen atoms in total. The van der Waals surface area contributed by atoms with Gasteiger partial charge in [0.1, 0.15) is 18.1 Å². The molecule has 5 amide bonds. The van der Waals surface area contributed by atoms with Gasteiger partial charge in [-0.1, -0.05) is 0 Å². The number of hydrogen-bond donors (Lipinski definition) is 9. The number of amides is 5. The van der Waals surface area contributed by atoms with Crippen LogP contribution in [-0.2, 0) is 35.2 Å². The molecule has 0 aliphatic rings. The van der Waals surface area contributed by atoms with Crippen LogP contribution in [0.4, 0.5) is 0 Å². The number of hydrogen-bond acceptors (Lipinski definition) is 9. The zero-order chi connectivity index (χ0) is 28.0. The summed E-state index contributed by atoms with van der Waals surface area (Å²) in [5, 5.41) is 16.4. The summed E-state index contributed by atoms with van der Waals surface area (Å²) in [7, 11) is 0. The van der Waals surface area contributed by atoms with Crippen molar-refractivity contribution in [1.29, 1.82) is 0 Å². The minimum Gasteiger partial charge on any atom is -0.480 e. The van der Waals surface area contributed by atoms with Crippen molar-refractivity contribution in [2.45, 2.75) is 69.1 Å². The van der Waals surface area contributed by atoms with Gasteiger partial charge >= 0.3 is 5.97 Å². The maximum atomic E-state index is 12.9. The number of aliphatic carboxylic acids is 1. The Balaban J connectivity index is 2.96. The number of nitrogens with two attached hydrogens (primary N) is 4. The number of carboxylic acid groups (broad SMARTS) is 1. The van der Waals surface area contributed by atoms with Gasteiger partial charge in [0.05, 0.1) is 18.8 Å². The molecule has 37 heavy (non-hydrogen) atoms. The number of rotatable bonds is 18. The molecule has 0 fully saturated rings. The van der Waals surface area contributed by atoms with Crippen LogP contribution in [0.25, 0.3) is 0 Å². The number of primary amides is 2. The van der Waals surface area contributed by atoms with Crippen LogP contribution in [0.15, 0.2) is 12.5 Å². The van der Waals surface area contributed by atoms with Crippen LogP contribution in [0.1, 0.15) is 44.2 Å². The van der Waals surface area contributed by atoms with Gasteiger partial charge in [-0.3, -0.25) is 24.0 Å². The molecule has 16 heteroatoms. The van der Waals surface area contributed by atoms with Crippen LogP contribution in [0.2, 0.25) is 0 Å². The Kier molecular flexibility index (Phi) is 13.3. The SMILES string of the molecule is NCCCCC(NC(=O)C(CCC(N)=O)NC(=O)C(CC(N)=O)NC(=O)C(N)Cc1cnc[nH]1)C(=O)O. The Bertz CT molecular complexity index is 939. The molecule has 1 heterocycles. The van der Waals surface area contributed by atoms with Gasteiger partial charge in [-0.15, -0.1) is 0 Å². The summed E-state index contributed by atoms with van der Waals surface area (Å²) in [6.07, 6.45) is 2.77. The zero-order valence-electron chi connectivity index (χ0n) is 20.3. The van der Waals surface area contributed by atoms with E-state index >= 15 is 0 Å². The number of carbonyl (C=O) groups is 6. The third-order valence-electron chi connectivity index (χ3n) is 5.24. The highest BCUT2D eigenvalue weighted by molar-refractivity contribution is 5.96. The third kappa shape index (κ3) is 12.0. The fourth-order valence-corrected chi connectivity index (χ4v) is 3.27. The molecule has 0 aromatic carbocycles. The van der Waals surface area contributed by atoms with Gasteiger partial charge in [-0.2, -0.15) is 0 Å². The highest BCUT2D eigenvalue weighted by Gasteiger charge is 2.31. The average molecular weight is 526 g/mol. The van der Waals surface area contributed by atoms with Gasteiger partial charge in [0.25, 0.3) is 0 Å². The number of aromatic nitrogens is 2. The molecule has 4 unspecified atom stereocenters. The van der Waals surface area contributed by atoms with Crippen LogP contribution < -0.4 is 38.9 Å². The normalized spacial score (nSPS) is 14.0. The number of unbranched alkanes of at least 4 members (excludes halogenated alkanes) is 1. The molecular weight excluding hydrogens is 490 g/mol. The van der Waals surface area contributed by atoms with Crippen molar-refractivity contribution in [2.24, 2.45) is 22.9 Å². The average Bonchev–Trinajstić information content (AvgIpc) is 3.32. The van der Waals surface area contributed by atoms with Crippen molar-refractivity contribution >= 4 is 35.5 Å². The van der Waals surface area contributed by atoms with E-state index in [0.717, 1.165) is 0 Å². The Hall–Kier alpha value is -4.05. The number of imidazole rings is 1. The molecule has 4 atom stereocenters. The molecule has 0 aliphatic carbocycles. The van der Waals surface area contributed by atoms with E-state index in [2.05, 4.69) is 25.9 Å². The largest absolute Gasteiger partial charge is 0.480 e. The maximum absolute atomic E-state index is 12.9. The molecule has 0 aliphatic heterocycles. The number of nitrogens with zero attached hydrogens (tertiary/aromatic N) is 1. The minimum atomic E-state index is -1.50. The topological polar surface area (TPSA) is 292 Å². The molecule has 206 valence electrons. The lowest BCUT2D eigenvalue weighted by molar-refractivity contribution is -0.142. The number of H-pyrrole nitrogens is 1. The van der Waals surface area contributed by atoms with Crippen molar-refractivity contribution in [3.8, 4) is 0 Å². The van der Waals surface area contributed by atoms with E-state index in [1.807, 2.05) is 0 Å². The summed E-state index contributed by atoms with van der Waals surface area (Å²) in [6, 6.07) is -5.28. The second-order valence-corrected chi connectivity index (χ2v) is 8.37. The Labute approximate surface area is 212 Å².